The maximum Gasteiger partial charge on any atom is 0.549 e. The van der Waals surface area contributed by atoms with E-state index in [9.17, 15) is 4.79 Å². The molecule has 0 aliphatic heterocycles. The lowest BCUT2D eigenvalue weighted by Gasteiger charge is -1.89. The van der Waals surface area contributed by atoms with E-state index in [2.05, 4.69) is 4.74 Å². The molecule has 0 aromatic heterocycles. The zero-order valence-corrected chi connectivity index (χ0v) is 6.34. The fourth-order valence-electron chi connectivity index (χ4n) is 0.203. The monoisotopic (exact) mass is 148 g/mol. The van der Waals surface area contributed by atoms with Gasteiger partial charge < -0.3 is 4.74 Å². The van der Waals surface area contributed by atoms with Crippen LogP contribution in [0, 0.1) is 0 Å². The first-order valence-corrected chi connectivity index (χ1v) is 3.13. The third-order valence-electron chi connectivity index (χ3n) is 0.348. The van der Waals surface area contributed by atoms with Crippen molar-refractivity contribution in [1.82, 2.24) is 0 Å². The van der Waals surface area contributed by atoms with E-state index in [0.717, 1.165) is 0 Å². The highest BCUT2D eigenvalue weighted by Crippen LogP contribution is 1.69. The Hall–Kier alpha value is -0.713. The van der Waals surface area contributed by atoms with Gasteiger partial charge in [0.15, 0.2) is 0 Å². The number of ether oxygens (including phenoxy) is 1. The zero-order valence-electron chi connectivity index (χ0n) is 5.34. The molecule has 52 valence electrons. The summed E-state index contributed by atoms with van der Waals surface area (Å²) in [4.78, 5) is 9.82. The molecule has 0 aliphatic carbocycles. The van der Waals surface area contributed by atoms with E-state index in [1.807, 2.05) is 0 Å². The lowest BCUT2D eigenvalue weighted by Crippen LogP contribution is -1.95. The number of carbonyl (C=O) groups excluding carboxylic acids is 1. The van der Waals surface area contributed by atoms with Crippen LogP contribution in [0.25, 0.3) is 0 Å². The first-order chi connectivity index (χ1) is 4.18. The maximum absolute atomic E-state index is 9.82. The normalized spacial score (nSPS) is 6.00. The average Bonchev–Trinajstić information content (AvgIpc) is 1.67. The summed E-state index contributed by atoms with van der Waals surface area (Å²) in [5.41, 5.74) is 0. The third-order valence-corrected chi connectivity index (χ3v) is 0.348. The molecule has 4 nitrogen and oxygen atoms in total. The van der Waals surface area contributed by atoms with Crippen molar-refractivity contribution in [1.29, 1.82) is 0 Å². The van der Waals surface area contributed by atoms with Gasteiger partial charge in [0.1, 0.15) is 0 Å². The Kier molecular flexibility index (Phi) is 12.7. The maximum atomic E-state index is 9.82. The van der Waals surface area contributed by atoms with Gasteiger partial charge in [0.25, 0.3) is 0 Å². The molecule has 0 spiro atoms. The van der Waals surface area contributed by atoms with E-state index < -0.39 is 9.29 Å². The molecule has 0 N–H and O–H groups in total. The van der Waals surface area contributed by atoms with Gasteiger partial charge in [-0.3, -0.25) is 13.7 Å². The third kappa shape index (κ3) is 38.9. The molecule has 0 aromatic carbocycles. The Bertz CT molecular complexity index is 105. The van der Waals surface area contributed by atoms with Crippen LogP contribution >= 0.6 is 0 Å². The van der Waals surface area contributed by atoms with Crippen molar-refractivity contribution < 1.29 is 18.5 Å². The van der Waals surface area contributed by atoms with Crippen molar-refractivity contribution in [2.75, 3.05) is 6.61 Å². The highest BCUT2D eigenvalue weighted by Gasteiger charge is 1.81. The molecule has 0 heterocycles. The quantitative estimate of drug-likeness (QED) is 0.386. The summed E-state index contributed by atoms with van der Waals surface area (Å²) in [6, 6.07) is 0. The van der Waals surface area contributed by atoms with Crippen molar-refractivity contribution in [2.24, 2.45) is 0 Å². The van der Waals surface area contributed by atoms with Crippen LogP contribution in [0.1, 0.15) is 13.8 Å². The number of carbonyl (C=O) groups is 1. The highest BCUT2D eigenvalue weighted by molar-refractivity contribution is 5.94. The molecule has 0 amide bonds. The fourth-order valence-corrected chi connectivity index (χ4v) is 0.203. The second kappa shape index (κ2) is 10.3. The number of hydrogen-bond donors (Lipinski definition) is 0. The minimum absolute atomic E-state index is 0.211. The van der Waals surface area contributed by atoms with Gasteiger partial charge in [-0.25, -0.2) is 0 Å². The molecule has 0 fully saturated rings. The van der Waals surface area contributed by atoms with Crippen LogP contribution in [-0.2, 0) is 18.5 Å². The van der Waals surface area contributed by atoms with E-state index >= 15 is 0 Å². The van der Waals surface area contributed by atoms with Crippen molar-refractivity contribution in [3.05, 3.63) is 0 Å². The van der Waals surface area contributed by atoms with Gasteiger partial charge in [0.05, 0.1) is 6.61 Å². The predicted molar refractivity (Wildman–Crippen MR) is 29.4 cm³/mol. The Labute approximate surface area is 55.1 Å². The molecule has 0 unspecified atom stereocenters. The van der Waals surface area contributed by atoms with E-state index in [0.29, 0.717) is 6.61 Å². The summed E-state index contributed by atoms with van der Waals surface area (Å²) in [6.07, 6.45) is 0. The fraction of sp³-hybridized carbons (Fsp3) is 0.750. The van der Waals surface area contributed by atoms with Crippen LogP contribution in [-0.4, -0.2) is 21.9 Å². The molecule has 0 radical (unpaired) electrons. The largest absolute Gasteiger partial charge is 0.549 e. The Morgan fingerprint density at radius 1 is 1.56 bits per heavy atom. The summed E-state index contributed by atoms with van der Waals surface area (Å²) in [7, 11) is -1.42. The van der Waals surface area contributed by atoms with Crippen LogP contribution in [0.2, 0.25) is 0 Å². The highest BCUT2D eigenvalue weighted by atomic mass is 28.2. The van der Waals surface area contributed by atoms with E-state index in [-0.39, 0.29) is 5.97 Å². The minimum atomic E-state index is -1.42. The summed E-state index contributed by atoms with van der Waals surface area (Å²) in [5.74, 6) is -0.211. The van der Waals surface area contributed by atoms with Crippen molar-refractivity contribution in [3.8, 4) is 0 Å². The SMILES string of the molecule is CCOC(C)=O.O=[Si]=O. The molecule has 0 bridgehead atoms. The molecule has 0 aromatic rings. The molecule has 0 saturated carbocycles. The molecule has 0 aliphatic rings. The molecule has 0 rings (SSSR count). The zero-order chi connectivity index (χ0) is 7.70. The Balaban J connectivity index is 0. The van der Waals surface area contributed by atoms with Gasteiger partial charge >= 0.3 is 15.3 Å². The van der Waals surface area contributed by atoms with Crippen LogP contribution in [0.4, 0.5) is 0 Å². The lowest BCUT2D eigenvalue weighted by molar-refractivity contribution is -0.140. The van der Waals surface area contributed by atoms with Crippen molar-refractivity contribution in [3.63, 3.8) is 0 Å². The van der Waals surface area contributed by atoms with Gasteiger partial charge in [0.2, 0.25) is 0 Å². The summed E-state index contributed by atoms with van der Waals surface area (Å²) in [6.45, 7) is 3.65. The van der Waals surface area contributed by atoms with E-state index in [4.69, 9.17) is 8.92 Å². The first-order valence-electron chi connectivity index (χ1n) is 2.31. The number of rotatable bonds is 1. The van der Waals surface area contributed by atoms with Gasteiger partial charge in [0, 0.05) is 6.92 Å². The van der Waals surface area contributed by atoms with Gasteiger partial charge in [-0.05, 0) is 6.92 Å². The molecular formula is C4H8O4Si. The van der Waals surface area contributed by atoms with Crippen LogP contribution < -0.4 is 0 Å². The average molecular weight is 148 g/mol. The second-order valence-electron chi connectivity index (χ2n) is 1.01. The van der Waals surface area contributed by atoms with E-state index in [1.165, 1.54) is 6.92 Å². The molecule has 5 heteroatoms. The smallest absolute Gasteiger partial charge is 0.466 e. The predicted octanol–water partition coefficient (Wildman–Crippen LogP) is -0.0490. The Morgan fingerprint density at radius 2 is 1.89 bits per heavy atom. The number of hydrogen-bond acceptors (Lipinski definition) is 4. The van der Waals surface area contributed by atoms with Crippen LogP contribution in [0.5, 0.6) is 0 Å². The van der Waals surface area contributed by atoms with Crippen LogP contribution in [0.3, 0.4) is 0 Å². The topological polar surface area (TPSA) is 60.4 Å². The minimum Gasteiger partial charge on any atom is -0.466 e. The number of esters is 1. The molecule has 0 saturated heterocycles. The van der Waals surface area contributed by atoms with Crippen LogP contribution in [0.15, 0.2) is 0 Å². The molecular weight excluding hydrogens is 140 g/mol. The van der Waals surface area contributed by atoms with Crippen molar-refractivity contribution in [2.45, 2.75) is 13.8 Å². The van der Waals surface area contributed by atoms with Gasteiger partial charge in [-0.2, -0.15) is 0 Å². The first kappa shape index (κ1) is 11.1. The van der Waals surface area contributed by atoms with Gasteiger partial charge in [-0.1, -0.05) is 0 Å². The summed E-state index contributed by atoms with van der Waals surface area (Å²) < 4.78 is 21.2. The van der Waals surface area contributed by atoms with Crippen molar-refractivity contribution >= 4 is 15.3 Å². The molecule has 0 atom stereocenters. The molecule has 9 heavy (non-hydrogen) atoms. The van der Waals surface area contributed by atoms with E-state index in [1.54, 1.807) is 6.92 Å². The summed E-state index contributed by atoms with van der Waals surface area (Å²) >= 11 is 0. The van der Waals surface area contributed by atoms with Gasteiger partial charge in [-0.15, -0.1) is 0 Å². The lowest BCUT2D eigenvalue weighted by atomic mass is 10.8. The summed E-state index contributed by atoms with van der Waals surface area (Å²) in [5, 5.41) is 0. The Morgan fingerprint density at radius 3 is 1.89 bits per heavy atom. The standard InChI is InChI=1S/C4H8O2.O2Si/c1-3-6-4(2)5;1-3-2/h3H2,1-2H3;. The second-order valence-corrected chi connectivity index (χ2v) is 1.17.